The lowest BCUT2D eigenvalue weighted by Gasteiger charge is -2.17. The van der Waals surface area contributed by atoms with Gasteiger partial charge in [0.15, 0.2) is 11.6 Å². The minimum atomic E-state index is 0.675. The van der Waals surface area contributed by atoms with E-state index in [9.17, 15) is 0 Å². The van der Waals surface area contributed by atoms with Crippen molar-refractivity contribution in [2.75, 3.05) is 0 Å². The topological polar surface area (TPSA) is 61.4 Å². The average molecular weight is 1100 g/mol. The number of nitrogens with zero attached hydrogens (tertiary/aromatic N) is 6. The second-order valence-corrected chi connectivity index (χ2v) is 21.8. The van der Waals surface area contributed by atoms with Gasteiger partial charge in [-0.15, -0.1) is 0 Å². The predicted molar refractivity (Wildman–Crippen MR) is 355 cm³/mol. The molecule has 4 aromatic heterocycles. The van der Waals surface area contributed by atoms with Crippen LogP contribution in [-0.2, 0) is 0 Å². The van der Waals surface area contributed by atoms with Gasteiger partial charge in [0.05, 0.1) is 44.8 Å². The quantitative estimate of drug-likeness (QED) is 0.129. The summed E-state index contributed by atoms with van der Waals surface area (Å²) in [5, 5.41) is 4.84. The van der Waals surface area contributed by atoms with Crippen molar-refractivity contribution in [2.24, 2.45) is 0 Å². The van der Waals surface area contributed by atoms with Crippen molar-refractivity contribution in [3.8, 4) is 113 Å². The molecular formula is C80H52N6. The molecule has 0 aliphatic carbocycles. The molecule has 0 aliphatic heterocycles. The molecule has 0 fully saturated rings. The SMILES string of the molecule is c1ccc(-c2cc(-c3cccc(-c4cc(-c5cccc(-c6cc(-c7ccccc7)nc(-c7ccccc7)n6)c5)cc(-c5cc(-n6c7ccccc7c7ccccc76)cc(-n6c7ccccc7c7ccccc76)c5)c4)c3)nc(-c3ccccc3)n2)cc1. The fourth-order valence-electron chi connectivity index (χ4n) is 12.4. The van der Waals surface area contributed by atoms with Gasteiger partial charge in [-0.3, -0.25) is 0 Å². The Labute approximate surface area is 498 Å². The van der Waals surface area contributed by atoms with E-state index in [1.165, 1.54) is 21.5 Å². The van der Waals surface area contributed by atoms with Crippen molar-refractivity contribution < 1.29 is 0 Å². The zero-order chi connectivity index (χ0) is 56.9. The molecule has 0 amide bonds. The van der Waals surface area contributed by atoms with Crippen LogP contribution in [0.5, 0.6) is 0 Å². The Hall–Kier alpha value is -11.6. The van der Waals surface area contributed by atoms with Crippen LogP contribution in [0.1, 0.15) is 0 Å². The molecule has 402 valence electrons. The lowest BCUT2D eigenvalue weighted by atomic mass is 9.91. The normalized spacial score (nSPS) is 11.5. The Kier molecular flexibility index (Phi) is 12.4. The van der Waals surface area contributed by atoms with Crippen molar-refractivity contribution in [1.29, 1.82) is 0 Å². The molecule has 0 atom stereocenters. The molecule has 6 nitrogen and oxygen atoms in total. The lowest BCUT2D eigenvalue weighted by Crippen LogP contribution is -2.00. The highest BCUT2D eigenvalue weighted by molar-refractivity contribution is 6.11. The first kappa shape index (κ1) is 50.2. The van der Waals surface area contributed by atoms with Crippen molar-refractivity contribution in [3.63, 3.8) is 0 Å². The molecule has 0 unspecified atom stereocenters. The molecule has 0 N–H and O–H groups in total. The number of hydrogen-bond donors (Lipinski definition) is 0. The first-order chi connectivity index (χ1) is 42.6. The number of hydrogen-bond acceptors (Lipinski definition) is 4. The third-order valence-corrected chi connectivity index (χ3v) is 16.5. The van der Waals surface area contributed by atoms with Gasteiger partial charge in [-0.1, -0.05) is 231 Å². The second-order valence-electron chi connectivity index (χ2n) is 21.8. The third-order valence-electron chi connectivity index (χ3n) is 16.5. The first-order valence-electron chi connectivity index (χ1n) is 29.1. The van der Waals surface area contributed by atoms with Gasteiger partial charge in [-0.05, 0) is 118 Å². The highest BCUT2D eigenvalue weighted by atomic mass is 15.0. The maximum absolute atomic E-state index is 5.28. The highest BCUT2D eigenvalue weighted by Gasteiger charge is 2.20. The Balaban J connectivity index is 0.928. The lowest BCUT2D eigenvalue weighted by molar-refractivity contribution is 1.13. The van der Waals surface area contributed by atoms with E-state index in [0.29, 0.717) is 11.6 Å². The molecule has 0 aliphatic rings. The van der Waals surface area contributed by atoms with Crippen molar-refractivity contribution >= 4 is 43.6 Å². The number of rotatable bonds is 11. The number of fused-ring (bicyclic) bond motifs is 6. The van der Waals surface area contributed by atoms with Gasteiger partial charge >= 0.3 is 0 Å². The molecule has 86 heavy (non-hydrogen) atoms. The second kappa shape index (κ2) is 21.3. The van der Waals surface area contributed by atoms with E-state index >= 15 is 0 Å². The van der Waals surface area contributed by atoms with E-state index < -0.39 is 0 Å². The van der Waals surface area contributed by atoms with E-state index in [1.807, 2.05) is 48.5 Å². The van der Waals surface area contributed by atoms with Gasteiger partial charge in [0.1, 0.15) is 0 Å². The number of benzene rings is 12. The zero-order valence-corrected chi connectivity index (χ0v) is 46.7. The van der Waals surface area contributed by atoms with Crippen molar-refractivity contribution in [3.05, 3.63) is 315 Å². The Morgan fingerprint density at radius 2 is 0.430 bits per heavy atom. The largest absolute Gasteiger partial charge is 0.309 e. The minimum absolute atomic E-state index is 0.675. The fraction of sp³-hybridized carbons (Fsp3) is 0. The van der Waals surface area contributed by atoms with Crippen LogP contribution in [0.25, 0.3) is 156 Å². The minimum Gasteiger partial charge on any atom is -0.309 e. The predicted octanol–water partition coefficient (Wildman–Crippen LogP) is 20.5. The molecule has 16 rings (SSSR count). The zero-order valence-electron chi connectivity index (χ0n) is 46.7. The number of para-hydroxylation sites is 4. The molecular weight excluding hydrogens is 1040 g/mol. The summed E-state index contributed by atoms with van der Waals surface area (Å²) in [6.07, 6.45) is 0. The van der Waals surface area contributed by atoms with Gasteiger partial charge in [0.2, 0.25) is 0 Å². The van der Waals surface area contributed by atoms with E-state index in [2.05, 4.69) is 276 Å². The van der Waals surface area contributed by atoms with Gasteiger partial charge in [0.25, 0.3) is 0 Å². The Morgan fingerprint density at radius 1 is 0.174 bits per heavy atom. The molecule has 4 heterocycles. The van der Waals surface area contributed by atoms with Crippen LogP contribution in [0.4, 0.5) is 0 Å². The molecule has 0 bridgehead atoms. The summed E-state index contributed by atoms with van der Waals surface area (Å²) in [7, 11) is 0. The Morgan fingerprint density at radius 3 is 0.791 bits per heavy atom. The average Bonchev–Trinajstić information content (AvgIpc) is 1.98. The van der Waals surface area contributed by atoms with Crippen LogP contribution in [0, 0.1) is 0 Å². The van der Waals surface area contributed by atoms with Gasteiger partial charge in [-0.25, -0.2) is 19.9 Å². The smallest absolute Gasteiger partial charge is 0.160 e. The molecule has 12 aromatic carbocycles. The van der Waals surface area contributed by atoms with E-state index in [-0.39, 0.29) is 0 Å². The summed E-state index contributed by atoms with van der Waals surface area (Å²) in [5.41, 5.74) is 22.4. The number of aromatic nitrogens is 6. The van der Waals surface area contributed by atoms with Crippen LogP contribution in [0.15, 0.2) is 315 Å². The summed E-state index contributed by atoms with van der Waals surface area (Å²) in [6.45, 7) is 0. The van der Waals surface area contributed by atoms with Crippen LogP contribution in [0.3, 0.4) is 0 Å². The van der Waals surface area contributed by atoms with Crippen LogP contribution in [-0.4, -0.2) is 29.1 Å². The van der Waals surface area contributed by atoms with Gasteiger partial charge < -0.3 is 9.13 Å². The maximum atomic E-state index is 5.28. The first-order valence-corrected chi connectivity index (χ1v) is 29.1. The van der Waals surface area contributed by atoms with Crippen LogP contribution >= 0.6 is 0 Å². The van der Waals surface area contributed by atoms with Crippen molar-refractivity contribution in [2.45, 2.75) is 0 Å². The molecule has 16 aromatic rings. The summed E-state index contributed by atoms with van der Waals surface area (Å²) < 4.78 is 4.88. The van der Waals surface area contributed by atoms with Crippen LogP contribution < -0.4 is 0 Å². The van der Waals surface area contributed by atoms with Gasteiger partial charge in [0, 0.05) is 66.3 Å². The van der Waals surface area contributed by atoms with Crippen molar-refractivity contribution in [1.82, 2.24) is 29.1 Å². The molecule has 6 heteroatoms. The molecule has 0 saturated heterocycles. The summed E-state index contributed by atoms with van der Waals surface area (Å²) >= 11 is 0. The van der Waals surface area contributed by atoms with E-state index in [1.54, 1.807) is 0 Å². The monoisotopic (exact) mass is 1100 g/mol. The summed E-state index contributed by atoms with van der Waals surface area (Å²) in [4.78, 5) is 20.8. The molecule has 0 saturated carbocycles. The highest BCUT2D eigenvalue weighted by Crippen LogP contribution is 2.42. The Bertz CT molecular complexity index is 4680. The summed E-state index contributed by atoms with van der Waals surface area (Å²) in [6, 6.07) is 112. The van der Waals surface area contributed by atoms with E-state index in [0.717, 1.165) is 123 Å². The summed E-state index contributed by atoms with van der Waals surface area (Å²) in [5.74, 6) is 1.35. The standard InChI is InChI=1S/C80H52N6/c1-5-23-53(24-6-1)71-51-73(83-79(81-71)55-27-9-3-10-28-55)59-33-21-31-57(43-59)61-45-62(58-32-22-34-60(44-58)74-52-72(54-25-7-2-8-26-54)82-80(84-74)56-29-11-4-12-30-56)47-63(46-61)64-48-65(85-75-39-17-13-35-67(75)68-36-14-18-40-76(68)85)50-66(49-64)86-77-41-19-15-37-69(77)70-38-16-20-42-78(70)86/h1-52H. The maximum Gasteiger partial charge on any atom is 0.160 e. The molecule has 0 spiro atoms. The molecule has 0 radical (unpaired) electrons. The fourth-order valence-corrected chi connectivity index (χ4v) is 12.4. The van der Waals surface area contributed by atoms with E-state index in [4.69, 9.17) is 19.9 Å². The third kappa shape index (κ3) is 9.19. The van der Waals surface area contributed by atoms with Gasteiger partial charge in [-0.2, -0.15) is 0 Å². The van der Waals surface area contributed by atoms with Crippen LogP contribution in [0.2, 0.25) is 0 Å².